The van der Waals surface area contributed by atoms with Crippen LogP contribution in [-0.2, 0) is 0 Å². The summed E-state index contributed by atoms with van der Waals surface area (Å²) in [6, 6.07) is 0. The lowest BCUT2D eigenvalue weighted by Gasteiger charge is -2.33. The van der Waals surface area contributed by atoms with Crippen molar-refractivity contribution in [3.05, 3.63) is 11.6 Å². The van der Waals surface area contributed by atoms with Crippen LogP contribution in [0.3, 0.4) is 0 Å². The van der Waals surface area contributed by atoms with Crippen molar-refractivity contribution in [2.24, 2.45) is 4.99 Å². The molecular formula is C16H33IN4. The molecule has 0 amide bonds. The minimum absolute atomic E-state index is 0. The third-order valence-corrected chi connectivity index (χ3v) is 4.25. The second kappa shape index (κ2) is 10.4. The number of rotatable bonds is 6. The van der Waals surface area contributed by atoms with Gasteiger partial charge in [0.25, 0.3) is 0 Å². The van der Waals surface area contributed by atoms with Crippen molar-refractivity contribution in [3.8, 4) is 0 Å². The minimum Gasteiger partial charge on any atom is -0.356 e. The molecule has 0 spiro atoms. The van der Waals surface area contributed by atoms with Gasteiger partial charge in [0.15, 0.2) is 5.96 Å². The van der Waals surface area contributed by atoms with Crippen molar-refractivity contribution < 1.29 is 0 Å². The molecule has 0 fully saturated rings. The van der Waals surface area contributed by atoms with Crippen LogP contribution in [0.4, 0.5) is 0 Å². The Labute approximate surface area is 147 Å². The number of likely N-dealkylation sites (N-methyl/N-ethyl adjacent to an activating group) is 1. The standard InChI is InChI=1S/C16H32N4.HI/c1-16(2,20(4)5)13-19-15(17-3)18-12-11-14-9-7-6-8-10-14;/h9H,6-8,10-13H2,1-5H3,(H2,17,18,19);1H. The molecule has 0 saturated heterocycles. The van der Waals surface area contributed by atoms with Crippen LogP contribution in [0.25, 0.3) is 0 Å². The van der Waals surface area contributed by atoms with Crippen LogP contribution in [0.1, 0.15) is 46.0 Å². The molecule has 0 heterocycles. The van der Waals surface area contributed by atoms with Crippen molar-refractivity contribution >= 4 is 29.9 Å². The maximum absolute atomic E-state index is 4.29. The number of nitrogens with zero attached hydrogens (tertiary/aromatic N) is 2. The highest BCUT2D eigenvalue weighted by atomic mass is 127. The van der Waals surface area contributed by atoms with E-state index in [0.29, 0.717) is 0 Å². The molecule has 2 N–H and O–H groups in total. The Balaban J connectivity index is 0.00000400. The molecule has 5 heteroatoms. The summed E-state index contributed by atoms with van der Waals surface area (Å²) in [5.74, 6) is 0.899. The zero-order valence-corrected chi connectivity index (χ0v) is 16.7. The van der Waals surface area contributed by atoms with Gasteiger partial charge in [-0.25, -0.2) is 0 Å². The molecule has 0 radical (unpaired) electrons. The monoisotopic (exact) mass is 408 g/mol. The third kappa shape index (κ3) is 8.04. The molecule has 21 heavy (non-hydrogen) atoms. The number of halogens is 1. The highest BCUT2D eigenvalue weighted by molar-refractivity contribution is 14.0. The Hall–Kier alpha value is -0.300. The SMILES string of the molecule is CN=C(NCCC1=CCCCC1)NCC(C)(C)N(C)C.I. The molecule has 1 aliphatic rings. The van der Waals surface area contributed by atoms with Crippen molar-refractivity contribution in [2.45, 2.75) is 51.5 Å². The molecule has 0 saturated carbocycles. The van der Waals surface area contributed by atoms with Crippen LogP contribution in [0.15, 0.2) is 16.6 Å². The predicted molar refractivity (Wildman–Crippen MR) is 104 cm³/mol. The van der Waals surface area contributed by atoms with E-state index < -0.39 is 0 Å². The molecular weight excluding hydrogens is 375 g/mol. The Morgan fingerprint density at radius 3 is 2.52 bits per heavy atom. The number of hydrogen-bond donors (Lipinski definition) is 2. The van der Waals surface area contributed by atoms with Gasteiger partial charge in [-0.3, -0.25) is 4.99 Å². The van der Waals surface area contributed by atoms with E-state index in [-0.39, 0.29) is 29.5 Å². The summed E-state index contributed by atoms with van der Waals surface area (Å²) in [6.45, 7) is 6.29. The summed E-state index contributed by atoms with van der Waals surface area (Å²) in [7, 11) is 6.04. The molecule has 0 aromatic carbocycles. The first-order chi connectivity index (χ1) is 9.45. The van der Waals surface area contributed by atoms with Gasteiger partial charge in [-0.1, -0.05) is 11.6 Å². The summed E-state index contributed by atoms with van der Waals surface area (Å²) < 4.78 is 0. The van der Waals surface area contributed by atoms with Crippen LogP contribution in [0.2, 0.25) is 0 Å². The van der Waals surface area contributed by atoms with Crippen LogP contribution < -0.4 is 10.6 Å². The third-order valence-electron chi connectivity index (χ3n) is 4.25. The molecule has 0 unspecified atom stereocenters. The molecule has 0 aliphatic heterocycles. The van der Waals surface area contributed by atoms with Gasteiger partial charge in [-0.2, -0.15) is 0 Å². The van der Waals surface area contributed by atoms with E-state index in [1.165, 1.54) is 25.7 Å². The zero-order chi connectivity index (χ0) is 15.0. The normalized spacial score (nSPS) is 16.3. The first-order valence-electron chi connectivity index (χ1n) is 7.75. The Morgan fingerprint density at radius 1 is 1.29 bits per heavy atom. The first-order valence-corrected chi connectivity index (χ1v) is 7.75. The fourth-order valence-electron chi connectivity index (χ4n) is 2.15. The fourth-order valence-corrected chi connectivity index (χ4v) is 2.15. The van der Waals surface area contributed by atoms with E-state index in [1.54, 1.807) is 5.57 Å². The van der Waals surface area contributed by atoms with Gasteiger partial charge >= 0.3 is 0 Å². The lowest BCUT2D eigenvalue weighted by atomic mass is 9.97. The van der Waals surface area contributed by atoms with E-state index in [2.05, 4.69) is 54.5 Å². The second-order valence-corrected chi connectivity index (χ2v) is 6.42. The van der Waals surface area contributed by atoms with Crippen molar-refractivity contribution in [1.29, 1.82) is 0 Å². The summed E-state index contributed by atoms with van der Waals surface area (Å²) >= 11 is 0. The highest BCUT2D eigenvalue weighted by Gasteiger charge is 2.20. The summed E-state index contributed by atoms with van der Waals surface area (Å²) in [5, 5.41) is 6.81. The lowest BCUT2D eigenvalue weighted by molar-refractivity contribution is 0.197. The van der Waals surface area contributed by atoms with Crippen molar-refractivity contribution in [1.82, 2.24) is 15.5 Å². The van der Waals surface area contributed by atoms with E-state index in [1.807, 2.05) is 7.05 Å². The smallest absolute Gasteiger partial charge is 0.191 e. The predicted octanol–water partition coefficient (Wildman–Crippen LogP) is 3.00. The van der Waals surface area contributed by atoms with E-state index in [9.17, 15) is 0 Å². The van der Waals surface area contributed by atoms with E-state index in [0.717, 1.165) is 25.5 Å². The van der Waals surface area contributed by atoms with Gasteiger partial charge in [-0.05, 0) is 60.0 Å². The van der Waals surface area contributed by atoms with Crippen LogP contribution in [-0.4, -0.2) is 50.6 Å². The van der Waals surface area contributed by atoms with E-state index in [4.69, 9.17) is 0 Å². The number of aliphatic imine (C=N–C) groups is 1. The number of guanidine groups is 1. The first kappa shape index (κ1) is 20.7. The zero-order valence-electron chi connectivity index (χ0n) is 14.3. The highest BCUT2D eigenvalue weighted by Crippen LogP contribution is 2.19. The summed E-state index contributed by atoms with van der Waals surface area (Å²) in [6.07, 6.45) is 8.81. The van der Waals surface area contributed by atoms with Crippen molar-refractivity contribution in [2.75, 3.05) is 34.2 Å². The van der Waals surface area contributed by atoms with Crippen LogP contribution >= 0.6 is 24.0 Å². The van der Waals surface area contributed by atoms with Gasteiger partial charge in [-0.15, -0.1) is 24.0 Å². The Morgan fingerprint density at radius 2 is 2.00 bits per heavy atom. The summed E-state index contributed by atoms with van der Waals surface area (Å²) in [4.78, 5) is 6.51. The molecule has 1 rings (SSSR count). The fraction of sp³-hybridized carbons (Fsp3) is 0.812. The van der Waals surface area contributed by atoms with Crippen molar-refractivity contribution in [3.63, 3.8) is 0 Å². The topological polar surface area (TPSA) is 39.7 Å². The molecule has 0 aromatic rings. The van der Waals surface area contributed by atoms with Crippen LogP contribution in [0, 0.1) is 0 Å². The lowest BCUT2D eigenvalue weighted by Crippen LogP contribution is -2.50. The molecule has 0 atom stereocenters. The molecule has 1 aliphatic carbocycles. The molecule has 4 nitrogen and oxygen atoms in total. The van der Waals surface area contributed by atoms with Gasteiger partial charge < -0.3 is 15.5 Å². The quantitative estimate of drug-likeness (QED) is 0.307. The second-order valence-electron chi connectivity index (χ2n) is 6.42. The van der Waals surface area contributed by atoms with Gasteiger partial charge in [0.1, 0.15) is 0 Å². The Bertz CT molecular complexity index is 348. The minimum atomic E-state index is 0. The summed E-state index contributed by atoms with van der Waals surface area (Å²) in [5.41, 5.74) is 1.72. The number of nitrogens with one attached hydrogen (secondary N) is 2. The number of hydrogen-bond acceptors (Lipinski definition) is 2. The average Bonchev–Trinajstić information content (AvgIpc) is 2.43. The largest absolute Gasteiger partial charge is 0.356 e. The van der Waals surface area contributed by atoms with Crippen LogP contribution in [0.5, 0.6) is 0 Å². The molecule has 0 bridgehead atoms. The number of allylic oxidation sites excluding steroid dienone is 1. The maximum atomic E-state index is 4.29. The van der Waals surface area contributed by atoms with Gasteiger partial charge in [0.05, 0.1) is 0 Å². The van der Waals surface area contributed by atoms with Gasteiger partial charge in [0.2, 0.25) is 0 Å². The van der Waals surface area contributed by atoms with E-state index >= 15 is 0 Å². The average molecular weight is 408 g/mol. The van der Waals surface area contributed by atoms with Gasteiger partial charge in [0, 0.05) is 25.7 Å². The maximum Gasteiger partial charge on any atom is 0.191 e. The molecule has 0 aromatic heterocycles. The Kier molecular flexibility index (Phi) is 10.3. The molecule has 124 valence electrons.